The molecule has 0 aliphatic carbocycles. The molecule has 26 heavy (non-hydrogen) atoms. The summed E-state index contributed by atoms with van der Waals surface area (Å²) in [5.41, 5.74) is 0. The van der Waals surface area contributed by atoms with Crippen molar-refractivity contribution in [3.8, 4) is 0 Å². The second-order valence-electron chi connectivity index (χ2n) is 5.44. The number of hydrogen-bond donors (Lipinski definition) is 0. The molecule has 1 saturated heterocycles. The molecule has 1 heterocycles. The van der Waals surface area contributed by atoms with Gasteiger partial charge in [0.1, 0.15) is 12.7 Å². The zero-order chi connectivity index (χ0) is 19.9. The Balaban J connectivity index is 3.22. The van der Waals surface area contributed by atoms with Crippen LogP contribution in [0.1, 0.15) is 27.7 Å². The van der Waals surface area contributed by atoms with E-state index in [1.54, 1.807) is 0 Å². The van der Waals surface area contributed by atoms with Crippen molar-refractivity contribution in [2.45, 2.75) is 58.4 Å². The lowest BCUT2D eigenvalue weighted by Crippen LogP contribution is -2.62. The number of ether oxygens (including phenoxy) is 6. The predicted octanol–water partition coefficient (Wildman–Crippen LogP) is -0.0798. The first-order chi connectivity index (χ1) is 12.1. The summed E-state index contributed by atoms with van der Waals surface area (Å²) in [5, 5.41) is 0. The summed E-state index contributed by atoms with van der Waals surface area (Å²) in [6.07, 6.45) is -5.82. The Bertz CT molecular complexity index is 531. The van der Waals surface area contributed by atoms with E-state index in [0.717, 1.165) is 20.8 Å². The van der Waals surface area contributed by atoms with Gasteiger partial charge in [-0.3, -0.25) is 19.2 Å². The topological polar surface area (TPSA) is 124 Å². The van der Waals surface area contributed by atoms with Crippen LogP contribution in [0.3, 0.4) is 0 Å². The second kappa shape index (κ2) is 10.1. The van der Waals surface area contributed by atoms with Crippen molar-refractivity contribution in [2.24, 2.45) is 0 Å². The van der Waals surface area contributed by atoms with Crippen molar-refractivity contribution in [1.82, 2.24) is 0 Å². The first-order valence-corrected chi connectivity index (χ1v) is 7.87. The van der Waals surface area contributed by atoms with Gasteiger partial charge in [-0.05, 0) is 6.92 Å². The van der Waals surface area contributed by atoms with Gasteiger partial charge in [-0.25, -0.2) is 0 Å². The van der Waals surface area contributed by atoms with Crippen molar-refractivity contribution < 1.29 is 47.6 Å². The van der Waals surface area contributed by atoms with Crippen molar-refractivity contribution in [3.63, 3.8) is 0 Å². The van der Waals surface area contributed by atoms with E-state index >= 15 is 0 Å². The predicted molar refractivity (Wildman–Crippen MR) is 83.3 cm³/mol. The molecule has 10 heteroatoms. The van der Waals surface area contributed by atoms with Crippen LogP contribution >= 0.6 is 0 Å². The molecule has 1 rings (SSSR count). The third-order valence-electron chi connectivity index (χ3n) is 3.23. The van der Waals surface area contributed by atoms with Crippen LogP contribution in [0.4, 0.5) is 0 Å². The van der Waals surface area contributed by atoms with Crippen molar-refractivity contribution in [3.05, 3.63) is 6.92 Å². The molecule has 0 amide bonds. The Morgan fingerprint density at radius 2 is 1.31 bits per heavy atom. The van der Waals surface area contributed by atoms with Gasteiger partial charge in [0.15, 0.2) is 24.6 Å². The molecule has 1 aliphatic heterocycles. The van der Waals surface area contributed by atoms with Crippen molar-refractivity contribution in [1.29, 1.82) is 0 Å². The molecule has 0 spiro atoms. The van der Waals surface area contributed by atoms with Gasteiger partial charge < -0.3 is 28.4 Å². The molecule has 0 saturated carbocycles. The van der Waals surface area contributed by atoms with Crippen LogP contribution in [0, 0.1) is 6.92 Å². The fourth-order valence-corrected chi connectivity index (χ4v) is 2.44. The first-order valence-electron chi connectivity index (χ1n) is 7.87. The molecule has 5 atom stereocenters. The number of carbonyl (C=O) groups is 4. The van der Waals surface area contributed by atoms with Gasteiger partial charge in [-0.15, -0.1) is 0 Å². The molecule has 1 fully saturated rings. The van der Waals surface area contributed by atoms with Crippen LogP contribution in [0.5, 0.6) is 0 Å². The molecule has 0 bridgehead atoms. The molecule has 0 aromatic heterocycles. The molecule has 1 radical (unpaired) electrons. The van der Waals surface area contributed by atoms with Crippen LogP contribution in [0.2, 0.25) is 0 Å². The fraction of sp³-hybridized carbons (Fsp3) is 0.688. The maximum Gasteiger partial charge on any atom is 0.303 e. The lowest BCUT2D eigenvalue weighted by molar-refractivity contribution is -0.306. The van der Waals surface area contributed by atoms with Crippen LogP contribution in [0.25, 0.3) is 0 Å². The van der Waals surface area contributed by atoms with Gasteiger partial charge in [-0.2, -0.15) is 0 Å². The van der Waals surface area contributed by atoms with Crippen molar-refractivity contribution >= 4 is 23.9 Å². The van der Waals surface area contributed by atoms with E-state index in [4.69, 9.17) is 28.4 Å². The normalized spacial score (nSPS) is 28.0. The van der Waals surface area contributed by atoms with E-state index in [0.29, 0.717) is 0 Å². The zero-order valence-corrected chi connectivity index (χ0v) is 15.1. The Morgan fingerprint density at radius 1 is 0.808 bits per heavy atom. The second-order valence-corrected chi connectivity index (χ2v) is 5.44. The molecule has 10 nitrogen and oxygen atoms in total. The summed E-state index contributed by atoms with van der Waals surface area (Å²) in [6, 6.07) is 0. The van der Waals surface area contributed by atoms with Gasteiger partial charge >= 0.3 is 23.9 Å². The first kappa shape index (κ1) is 21.8. The minimum absolute atomic E-state index is 0.0479. The van der Waals surface area contributed by atoms with E-state index in [1.807, 2.05) is 0 Å². The Morgan fingerprint density at radius 3 is 1.77 bits per heavy atom. The highest BCUT2D eigenvalue weighted by Crippen LogP contribution is 2.29. The average Bonchev–Trinajstić information content (AvgIpc) is 2.50. The molecule has 147 valence electrons. The summed E-state index contributed by atoms with van der Waals surface area (Å²) in [4.78, 5) is 45.6. The molecule has 0 unspecified atom stereocenters. The third kappa shape index (κ3) is 6.60. The Kier molecular flexibility index (Phi) is 8.46. The molecule has 0 aromatic carbocycles. The highest BCUT2D eigenvalue weighted by atomic mass is 16.7. The van der Waals surface area contributed by atoms with Crippen molar-refractivity contribution in [2.75, 3.05) is 13.2 Å². The molecule has 0 N–H and O–H groups in total. The summed E-state index contributed by atoms with van der Waals surface area (Å²) in [6.45, 7) is 7.81. The monoisotopic (exact) mass is 375 g/mol. The van der Waals surface area contributed by atoms with E-state index in [2.05, 4.69) is 6.92 Å². The van der Waals surface area contributed by atoms with E-state index in [9.17, 15) is 19.2 Å². The lowest BCUT2D eigenvalue weighted by Gasteiger charge is -2.43. The van der Waals surface area contributed by atoms with Crippen LogP contribution < -0.4 is 0 Å². The smallest absolute Gasteiger partial charge is 0.303 e. The third-order valence-corrected chi connectivity index (χ3v) is 3.23. The van der Waals surface area contributed by atoms with Crippen LogP contribution in [0.15, 0.2) is 0 Å². The summed E-state index contributed by atoms with van der Waals surface area (Å²) in [5.74, 6) is -2.67. The summed E-state index contributed by atoms with van der Waals surface area (Å²) >= 11 is 0. The fourth-order valence-electron chi connectivity index (χ4n) is 2.44. The van der Waals surface area contributed by atoms with Gasteiger partial charge in [0, 0.05) is 34.3 Å². The van der Waals surface area contributed by atoms with Gasteiger partial charge in [0.25, 0.3) is 0 Å². The van der Waals surface area contributed by atoms with E-state index in [1.165, 1.54) is 6.92 Å². The molecule has 1 aliphatic rings. The quantitative estimate of drug-likeness (QED) is 0.441. The van der Waals surface area contributed by atoms with E-state index in [-0.39, 0.29) is 13.2 Å². The van der Waals surface area contributed by atoms with Gasteiger partial charge in [0.05, 0.1) is 0 Å². The maximum absolute atomic E-state index is 11.5. The highest BCUT2D eigenvalue weighted by molar-refractivity contribution is 5.68. The van der Waals surface area contributed by atoms with Gasteiger partial charge in [0.2, 0.25) is 0 Å². The largest absolute Gasteiger partial charge is 0.463 e. The molecular formula is C16H23O10. The maximum atomic E-state index is 11.5. The van der Waals surface area contributed by atoms with Crippen LogP contribution in [-0.4, -0.2) is 67.8 Å². The lowest BCUT2D eigenvalue weighted by atomic mass is 9.98. The zero-order valence-electron chi connectivity index (χ0n) is 15.1. The van der Waals surface area contributed by atoms with Gasteiger partial charge in [-0.1, -0.05) is 0 Å². The Hall–Kier alpha value is -2.20. The molecular weight excluding hydrogens is 352 g/mol. The minimum Gasteiger partial charge on any atom is -0.463 e. The number of hydrogen-bond acceptors (Lipinski definition) is 10. The summed E-state index contributed by atoms with van der Waals surface area (Å²) in [7, 11) is 0. The number of rotatable bonds is 7. The standard InChI is InChI=1S/C16H23O10/c1-6-21-16-15(25-11(5)20)14(24-10(4)19)13(23-9(3)18)12(26-16)7-22-8(2)17/h12-16H,1,6-7H2,2-5H3/t12-,13-,14+,15-,16+/m1/s1. The SMILES string of the molecule is [CH2]CO[C@H]1O[C@H](COC(C)=O)[C@@H](OC(C)=O)[C@H](OC(C)=O)[C@H]1OC(C)=O. The van der Waals surface area contributed by atoms with E-state index < -0.39 is 54.6 Å². The number of carbonyl (C=O) groups excluding carboxylic acids is 4. The summed E-state index contributed by atoms with van der Waals surface area (Å²) < 4.78 is 31.4. The number of esters is 4. The molecule has 0 aromatic rings. The average molecular weight is 375 g/mol. The van der Waals surface area contributed by atoms with Crippen LogP contribution in [-0.2, 0) is 47.6 Å². The minimum atomic E-state index is -1.23. The Labute approximate surface area is 151 Å². The highest BCUT2D eigenvalue weighted by Gasteiger charge is 2.52.